The first-order chi connectivity index (χ1) is 13.9. The first-order valence-corrected chi connectivity index (χ1v) is 10.8. The molecule has 0 aromatic heterocycles. The molecule has 0 unspecified atom stereocenters. The van der Waals surface area contributed by atoms with E-state index in [1.54, 1.807) is 0 Å². The molecule has 4 rings (SSSR count). The third kappa shape index (κ3) is 4.53. The lowest BCUT2D eigenvalue weighted by molar-refractivity contribution is -0.128. The van der Waals surface area contributed by atoms with Crippen LogP contribution in [-0.4, -0.2) is 33.2 Å². The van der Waals surface area contributed by atoms with Crippen molar-refractivity contribution in [2.75, 3.05) is 5.32 Å². The average molecular weight is 408 g/mol. The van der Waals surface area contributed by atoms with Crippen LogP contribution in [-0.2, 0) is 9.59 Å². The summed E-state index contributed by atoms with van der Waals surface area (Å²) in [5.74, 6) is -0.143. The van der Waals surface area contributed by atoms with Crippen LogP contribution in [0.5, 0.6) is 0 Å². The smallest absolute Gasteiger partial charge is 0.242 e. The maximum atomic E-state index is 13.0. The molecule has 2 amide bonds. The maximum absolute atomic E-state index is 13.0. The molecular formula is C23H25N3O2S. The van der Waals surface area contributed by atoms with Crippen LogP contribution < -0.4 is 5.32 Å². The second-order valence-electron chi connectivity index (χ2n) is 7.85. The Hall–Kier alpha value is -2.60. The summed E-state index contributed by atoms with van der Waals surface area (Å²) in [7, 11) is 0. The largest absolute Gasteiger partial charge is 0.326 e. The van der Waals surface area contributed by atoms with Crippen molar-refractivity contribution in [1.29, 1.82) is 0 Å². The lowest BCUT2D eigenvalue weighted by atomic mass is 10.1. The van der Waals surface area contributed by atoms with Crippen molar-refractivity contribution < 1.29 is 9.59 Å². The summed E-state index contributed by atoms with van der Waals surface area (Å²) in [4.78, 5) is 32.2. The van der Waals surface area contributed by atoms with Gasteiger partial charge in [0.1, 0.15) is 5.25 Å². The number of aryl methyl sites for hydroxylation is 3. The molecule has 0 spiro atoms. The molecule has 1 atom stereocenters. The summed E-state index contributed by atoms with van der Waals surface area (Å²) in [6.45, 7) is 6.02. The van der Waals surface area contributed by atoms with Gasteiger partial charge in [0.05, 0.1) is 5.69 Å². The number of hydrogen-bond acceptors (Lipinski definition) is 4. The van der Waals surface area contributed by atoms with E-state index in [1.165, 1.54) is 11.8 Å². The molecule has 6 heteroatoms. The van der Waals surface area contributed by atoms with E-state index in [0.29, 0.717) is 5.17 Å². The van der Waals surface area contributed by atoms with Gasteiger partial charge in [0.15, 0.2) is 5.17 Å². The Morgan fingerprint density at radius 2 is 1.90 bits per heavy atom. The zero-order chi connectivity index (χ0) is 20.5. The van der Waals surface area contributed by atoms with Crippen molar-refractivity contribution in [2.24, 2.45) is 4.99 Å². The van der Waals surface area contributed by atoms with Gasteiger partial charge in [-0.15, -0.1) is 0 Å². The number of hydrogen-bond donors (Lipinski definition) is 1. The molecule has 0 radical (unpaired) electrons. The minimum atomic E-state index is -0.426. The predicted molar refractivity (Wildman–Crippen MR) is 119 cm³/mol. The van der Waals surface area contributed by atoms with Gasteiger partial charge < -0.3 is 5.32 Å². The number of rotatable bonds is 5. The second-order valence-corrected chi connectivity index (χ2v) is 9.02. The average Bonchev–Trinajstić information content (AvgIpc) is 3.44. The highest BCUT2D eigenvalue weighted by Crippen LogP contribution is 2.39. The fourth-order valence-electron chi connectivity index (χ4n) is 3.49. The van der Waals surface area contributed by atoms with Crippen molar-refractivity contribution in [1.82, 2.24) is 4.90 Å². The highest BCUT2D eigenvalue weighted by Gasteiger charge is 2.46. The topological polar surface area (TPSA) is 61.8 Å². The van der Waals surface area contributed by atoms with E-state index in [4.69, 9.17) is 4.99 Å². The van der Waals surface area contributed by atoms with E-state index in [2.05, 4.69) is 5.32 Å². The highest BCUT2D eigenvalue weighted by molar-refractivity contribution is 8.15. The molecule has 2 aliphatic rings. The zero-order valence-corrected chi connectivity index (χ0v) is 17.8. The van der Waals surface area contributed by atoms with Crippen molar-refractivity contribution in [3.63, 3.8) is 0 Å². The first kappa shape index (κ1) is 19.7. The van der Waals surface area contributed by atoms with Crippen LogP contribution in [0.3, 0.4) is 0 Å². The SMILES string of the molecule is Cc1cccc(N=C2S[C@H](CC(=O)Nc3ccc(C)cc3C)C(=O)N2C2CC2)c1. The lowest BCUT2D eigenvalue weighted by Crippen LogP contribution is -2.35. The van der Waals surface area contributed by atoms with Crippen molar-refractivity contribution >= 4 is 40.1 Å². The van der Waals surface area contributed by atoms with Crippen molar-refractivity contribution in [3.05, 3.63) is 59.2 Å². The molecule has 1 aliphatic heterocycles. The van der Waals surface area contributed by atoms with Gasteiger partial charge in [0, 0.05) is 18.2 Å². The molecule has 1 saturated carbocycles. The molecule has 2 aromatic carbocycles. The van der Waals surface area contributed by atoms with Gasteiger partial charge in [-0.25, -0.2) is 4.99 Å². The molecule has 2 aromatic rings. The predicted octanol–water partition coefficient (Wildman–Crippen LogP) is 4.73. The third-order valence-electron chi connectivity index (χ3n) is 5.13. The molecule has 1 aliphatic carbocycles. The fraction of sp³-hybridized carbons (Fsp3) is 0.348. The van der Waals surface area contributed by atoms with Crippen LogP contribution >= 0.6 is 11.8 Å². The molecule has 29 heavy (non-hydrogen) atoms. The Balaban J connectivity index is 1.49. The summed E-state index contributed by atoms with van der Waals surface area (Å²) in [6.07, 6.45) is 2.15. The first-order valence-electron chi connectivity index (χ1n) is 9.93. The van der Waals surface area contributed by atoms with Gasteiger partial charge in [0.25, 0.3) is 0 Å². The maximum Gasteiger partial charge on any atom is 0.242 e. The number of thioether (sulfide) groups is 1. The molecule has 150 valence electrons. The number of anilines is 1. The Bertz CT molecular complexity index is 997. The molecule has 1 N–H and O–H groups in total. The van der Waals surface area contributed by atoms with E-state index >= 15 is 0 Å². The minimum Gasteiger partial charge on any atom is -0.326 e. The molecule has 1 saturated heterocycles. The molecule has 0 bridgehead atoms. The number of nitrogens with one attached hydrogen (secondary N) is 1. The van der Waals surface area contributed by atoms with E-state index in [1.807, 2.05) is 68.1 Å². The van der Waals surface area contributed by atoms with Gasteiger partial charge in [-0.05, 0) is 62.9 Å². The Morgan fingerprint density at radius 3 is 2.59 bits per heavy atom. The number of carbonyl (C=O) groups is 2. The van der Waals surface area contributed by atoms with Crippen LogP contribution in [0.1, 0.15) is 36.0 Å². The number of nitrogens with zero attached hydrogens (tertiary/aromatic N) is 2. The molecular weight excluding hydrogens is 382 g/mol. The summed E-state index contributed by atoms with van der Waals surface area (Å²) in [5.41, 5.74) is 4.93. The van der Waals surface area contributed by atoms with Crippen molar-refractivity contribution in [3.8, 4) is 0 Å². The number of amidine groups is 1. The van der Waals surface area contributed by atoms with Crippen LogP contribution in [0.25, 0.3) is 0 Å². The highest BCUT2D eigenvalue weighted by atomic mass is 32.2. The minimum absolute atomic E-state index is 0.000295. The Labute approximate surface area is 175 Å². The number of benzene rings is 2. The number of carbonyl (C=O) groups excluding carboxylic acids is 2. The zero-order valence-electron chi connectivity index (χ0n) is 16.9. The van der Waals surface area contributed by atoms with Gasteiger partial charge in [-0.2, -0.15) is 0 Å². The fourth-order valence-corrected chi connectivity index (χ4v) is 4.71. The summed E-state index contributed by atoms with van der Waals surface area (Å²) < 4.78 is 0. The van der Waals surface area contributed by atoms with Crippen LogP contribution in [0, 0.1) is 20.8 Å². The summed E-state index contributed by atoms with van der Waals surface area (Å²) in [5, 5.41) is 3.24. The van der Waals surface area contributed by atoms with Crippen LogP contribution in [0.4, 0.5) is 11.4 Å². The second kappa shape index (κ2) is 8.03. The molecule has 5 nitrogen and oxygen atoms in total. The lowest BCUT2D eigenvalue weighted by Gasteiger charge is -2.15. The summed E-state index contributed by atoms with van der Waals surface area (Å²) in [6, 6.07) is 14.1. The van der Waals surface area contributed by atoms with E-state index in [0.717, 1.165) is 40.9 Å². The monoisotopic (exact) mass is 407 g/mol. The molecule has 1 heterocycles. The van der Waals surface area contributed by atoms with Gasteiger partial charge in [-0.1, -0.05) is 41.6 Å². The quantitative estimate of drug-likeness (QED) is 0.779. The van der Waals surface area contributed by atoms with E-state index < -0.39 is 5.25 Å². The molecule has 2 fully saturated rings. The van der Waals surface area contributed by atoms with Gasteiger partial charge in [0.2, 0.25) is 11.8 Å². The van der Waals surface area contributed by atoms with Crippen molar-refractivity contribution in [2.45, 2.75) is 51.3 Å². The Morgan fingerprint density at radius 1 is 1.14 bits per heavy atom. The summed E-state index contributed by atoms with van der Waals surface area (Å²) >= 11 is 1.41. The van der Waals surface area contributed by atoms with Gasteiger partial charge in [-0.3, -0.25) is 14.5 Å². The third-order valence-corrected chi connectivity index (χ3v) is 6.28. The number of amides is 2. The number of aliphatic imine (C=N–C) groups is 1. The van der Waals surface area contributed by atoms with Crippen LogP contribution in [0.15, 0.2) is 47.5 Å². The Kier molecular flexibility index (Phi) is 5.46. The van der Waals surface area contributed by atoms with E-state index in [-0.39, 0.29) is 24.3 Å². The standard InChI is InChI=1S/C23H25N3O2S/c1-14-5-4-6-17(12-14)24-23-26(18-8-9-18)22(28)20(29-23)13-21(27)25-19-10-7-15(2)11-16(19)3/h4-7,10-12,18,20H,8-9,13H2,1-3H3,(H,25,27)/t20-/m1/s1. The van der Waals surface area contributed by atoms with Crippen LogP contribution in [0.2, 0.25) is 0 Å². The normalized spacial score (nSPS) is 20.4. The van der Waals surface area contributed by atoms with E-state index in [9.17, 15) is 9.59 Å². The van der Waals surface area contributed by atoms with Gasteiger partial charge >= 0.3 is 0 Å².